The molecule has 0 radical (unpaired) electrons. The van der Waals surface area contributed by atoms with E-state index in [2.05, 4.69) is 5.32 Å². The number of carbonyl (C=O) groups excluding carboxylic acids is 1. The fourth-order valence-electron chi connectivity index (χ4n) is 3.05. The molecule has 7 heteroatoms. The molecule has 3 rings (SSSR count). The standard InChI is InChI=1S/C15H19N3O3S/c19-15(16-12-4-2-8-22-10-12)17-7-6-13-11(9-17)3-1-5-14(13)18(20)21/h1,3,5,12H,2,4,6-10H2,(H,16,19). The molecule has 0 saturated carbocycles. The molecular formula is C15H19N3O3S. The van der Waals surface area contributed by atoms with Gasteiger partial charge in [-0.15, -0.1) is 0 Å². The van der Waals surface area contributed by atoms with Crippen LogP contribution in [0, 0.1) is 10.1 Å². The Hall–Kier alpha value is -1.76. The molecule has 0 spiro atoms. The third-order valence-corrected chi connectivity index (χ3v) is 5.43. The number of carbonyl (C=O) groups is 1. The van der Waals surface area contributed by atoms with Gasteiger partial charge in [0.25, 0.3) is 5.69 Å². The van der Waals surface area contributed by atoms with E-state index in [0.717, 1.165) is 29.7 Å². The number of hydrogen-bond donors (Lipinski definition) is 1. The van der Waals surface area contributed by atoms with Gasteiger partial charge in [0, 0.05) is 36.5 Å². The Kier molecular flexibility index (Phi) is 4.52. The van der Waals surface area contributed by atoms with Crippen molar-refractivity contribution < 1.29 is 9.72 Å². The molecule has 2 aliphatic rings. The number of rotatable bonds is 2. The molecule has 1 saturated heterocycles. The smallest absolute Gasteiger partial charge is 0.317 e. The predicted molar refractivity (Wildman–Crippen MR) is 86.1 cm³/mol. The van der Waals surface area contributed by atoms with E-state index < -0.39 is 0 Å². The van der Waals surface area contributed by atoms with Crippen molar-refractivity contribution in [2.45, 2.75) is 31.8 Å². The van der Waals surface area contributed by atoms with Crippen molar-refractivity contribution in [3.8, 4) is 0 Å². The summed E-state index contributed by atoms with van der Waals surface area (Å²) in [6.45, 7) is 0.978. The molecule has 1 atom stereocenters. The van der Waals surface area contributed by atoms with Crippen molar-refractivity contribution in [3.63, 3.8) is 0 Å². The molecule has 2 aliphatic heterocycles. The Bertz CT molecular complexity index is 587. The Morgan fingerprint density at radius 1 is 1.45 bits per heavy atom. The molecule has 1 unspecified atom stereocenters. The van der Waals surface area contributed by atoms with Gasteiger partial charge in [-0.05, 0) is 30.6 Å². The molecule has 2 amide bonds. The third-order valence-electron chi connectivity index (χ3n) is 4.21. The minimum atomic E-state index is -0.339. The van der Waals surface area contributed by atoms with E-state index in [-0.39, 0.29) is 22.7 Å². The van der Waals surface area contributed by atoms with Crippen molar-refractivity contribution in [1.82, 2.24) is 10.2 Å². The average molecular weight is 321 g/mol. The van der Waals surface area contributed by atoms with Crippen molar-refractivity contribution >= 4 is 23.5 Å². The highest BCUT2D eigenvalue weighted by molar-refractivity contribution is 7.99. The molecule has 6 nitrogen and oxygen atoms in total. The van der Waals surface area contributed by atoms with Crippen LogP contribution in [-0.2, 0) is 13.0 Å². The molecule has 0 aliphatic carbocycles. The maximum Gasteiger partial charge on any atom is 0.317 e. The molecule has 1 fully saturated rings. The molecule has 118 valence electrons. The lowest BCUT2D eigenvalue weighted by Gasteiger charge is -2.31. The first-order valence-electron chi connectivity index (χ1n) is 7.53. The first-order chi connectivity index (χ1) is 10.6. The number of amides is 2. The van der Waals surface area contributed by atoms with Crippen LogP contribution in [0.15, 0.2) is 18.2 Å². The first kappa shape index (κ1) is 15.1. The summed E-state index contributed by atoms with van der Waals surface area (Å²) in [6, 6.07) is 5.30. The number of nitrogens with zero attached hydrogens (tertiary/aromatic N) is 2. The molecular weight excluding hydrogens is 302 g/mol. The monoisotopic (exact) mass is 321 g/mol. The summed E-state index contributed by atoms with van der Waals surface area (Å²) >= 11 is 1.88. The van der Waals surface area contributed by atoms with Gasteiger partial charge in [0.2, 0.25) is 0 Å². The highest BCUT2D eigenvalue weighted by atomic mass is 32.2. The van der Waals surface area contributed by atoms with Crippen LogP contribution in [-0.4, -0.2) is 39.9 Å². The third kappa shape index (κ3) is 3.19. The summed E-state index contributed by atoms with van der Waals surface area (Å²) in [7, 11) is 0. The van der Waals surface area contributed by atoms with Crippen molar-refractivity contribution in [3.05, 3.63) is 39.4 Å². The second-order valence-electron chi connectivity index (χ2n) is 5.71. The fourth-order valence-corrected chi connectivity index (χ4v) is 4.13. The second-order valence-corrected chi connectivity index (χ2v) is 6.86. The summed E-state index contributed by atoms with van der Waals surface area (Å²) in [5.41, 5.74) is 1.82. The SMILES string of the molecule is O=C(NC1CCCSC1)N1CCc2c(cccc2[N+](=O)[O-])C1. The van der Waals surface area contributed by atoms with Gasteiger partial charge in [0.15, 0.2) is 0 Å². The first-order valence-corrected chi connectivity index (χ1v) is 8.69. The number of urea groups is 1. The van der Waals surface area contributed by atoms with Crippen molar-refractivity contribution in [1.29, 1.82) is 0 Å². The molecule has 0 bridgehead atoms. The molecule has 0 aromatic heterocycles. The Labute approximate surface area is 133 Å². The van der Waals surface area contributed by atoms with E-state index in [9.17, 15) is 14.9 Å². The van der Waals surface area contributed by atoms with Crippen LogP contribution in [0.25, 0.3) is 0 Å². The van der Waals surface area contributed by atoms with Gasteiger partial charge in [0.1, 0.15) is 0 Å². The van der Waals surface area contributed by atoms with Crippen molar-refractivity contribution in [2.24, 2.45) is 0 Å². The highest BCUT2D eigenvalue weighted by Gasteiger charge is 2.27. The zero-order valence-corrected chi connectivity index (χ0v) is 13.1. The maximum atomic E-state index is 12.4. The highest BCUT2D eigenvalue weighted by Crippen LogP contribution is 2.27. The van der Waals surface area contributed by atoms with Crippen LogP contribution in [0.4, 0.5) is 10.5 Å². The molecule has 1 N–H and O–H groups in total. The zero-order chi connectivity index (χ0) is 15.5. The van der Waals surface area contributed by atoms with E-state index in [4.69, 9.17) is 0 Å². The van der Waals surface area contributed by atoms with E-state index in [0.29, 0.717) is 19.5 Å². The number of thioether (sulfide) groups is 1. The Morgan fingerprint density at radius 3 is 3.05 bits per heavy atom. The normalized spacial score (nSPS) is 21.1. The summed E-state index contributed by atoms with van der Waals surface area (Å²) in [4.78, 5) is 24.8. The van der Waals surface area contributed by atoms with Gasteiger partial charge in [-0.25, -0.2) is 4.79 Å². The van der Waals surface area contributed by atoms with Crippen LogP contribution < -0.4 is 5.32 Å². The summed E-state index contributed by atoms with van der Waals surface area (Å²) in [6.07, 6.45) is 2.72. The van der Waals surface area contributed by atoms with Gasteiger partial charge < -0.3 is 10.2 Å². The Balaban J connectivity index is 1.67. The van der Waals surface area contributed by atoms with E-state index >= 15 is 0 Å². The molecule has 22 heavy (non-hydrogen) atoms. The van der Waals surface area contributed by atoms with Crippen LogP contribution in [0.3, 0.4) is 0 Å². The van der Waals surface area contributed by atoms with Gasteiger partial charge in [-0.2, -0.15) is 11.8 Å². The number of benzene rings is 1. The zero-order valence-electron chi connectivity index (χ0n) is 12.3. The van der Waals surface area contributed by atoms with E-state index in [1.54, 1.807) is 11.0 Å². The number of nitro groups is 1. The van der Waals surface area contributed by atoms with Crippen LogP contribution >= 0.6 is 11.8 Å². The van der Waals surface area contributed by atoms with Crippen molar-refractivity contribution in [2.75, 3.05) is 18.1 Å². The van der Waals surface area contributed by atoms with Gasteiger partial charge >= 0.3 is 6.03 Å². The lowest BCUT2D eigenvalue weighted by Crippen LogP contribution is -2.48. The number of nitrogens with one attached hydrogen (secondary N) is 1. The average Bonchev–Trinajstić information content (AvgIpc) is 2.54. The van der Waals surface area contributed by atoms with Gasteiger partial charge in [0.05, 0.1) is 4.92 Å². The van der Waals surface area contributed by atoms with E-state index in [1.807, 2.05) is 17.8 Å². The Morgan fingerprint density at radius 2 is 2.32 bits per heavy atom. The molecule has 1 aromatic carbocycles. The van der Waals surface area contributed by atoms with Crippen LogP contribution in [0.2, 0.25) is 0 Å². The number of hydrogen-bond acceptors (Lipinski definition) is 4. The van der Waals surface area contributed by atoms with Crippen LogP contribution in [0.5, 0.6) is 0 Å². The fraction of sp³-hybridized carbons (Fsp3) is 0.533. The second kappa shape index (κ2) is 6.56. The topological polar surface area (TPSA) is 75.5 Å². The summed E-state index contributed by atoms with van der Waals surface area (Å²) in [5, 5.41) is 14.2. The minimum Gasteiger partial charge on any atom is -0.334 e. The minimum absolute atomic E-state index is 0.0512. The lowest BCUT2D eigenvalue weighted by atomic mass is 9.98. The van der Waals surface area contributed by atoms with Gasteiger partial charge in [-0.3, -0.25) is 10.1 Å². The molecule has 1 aromatic rings. The van der Waals surface area contributed by atoms with E-state index in [1.165, 1.54) is 11.8 Å². The quantitative estimate of drug-likeness (QED) is 0.671. The van der Waals surface area contributed by atoms with Gasteiger partial charge in [-0.1, -0.05) is 12.1 Å². The summed E-state index contributed by atoms with van der Waals surface area (Å²) < 4.78 is 0. The maximum absolute atomic E-state index is 12.4. The summed E-state index contributed by atoms with van der Waals surface area (Å²) in [5.74, 6) is 2.15. The lowest BCUT2D eigenvalue weighted by molar-refractivity contribution is -0.385. The molecule has 2 heterocycles. The largest absolute Gasteiger partial charge is 0.334 e. The number of nitro benzene ring substituents is 1. The number of fused-ring (bicyclic) bond motifs is 1. The predicted octanol–water partition coefficient (Wildman–Crippen LogP) is 2.56. The van der Waals surface area contributed by atoms with Crippen LogP contribution in [0.1, 0.15) is 24.0 Å².